The van der Waals surface area contributed by atoms with Gasteiger partial charge in [-0.05, 0) is 29.8 Å². The van der Waals surface area contributed by atoms with Gasteiger partial charge >= 0.3 is 0 Å². The summed E-state index contributed by atoms with van der Waals surface area (Å²) < 4.78 is 5.21. The second-order valence-corrected chi connectivity index (χ2v) is 4.55. The van der Waals surface area contributed by atoms with E-state index < -0.39 is 0 Å². The van der Waals surface area contributed by atoms with Crippen molar-refractivity contribution in [1.82, 2.24) is 10.4 Å². The molecule has 5 heteroatoms. The number of nitrogens with two attached hydrogens (primary N) is 1. The number of hydrazine groups is 1. The minimum absolute atomic E-state index is 0.0407. The van der Waals surface area contributed by atoms with Crippen LogP contribution in [-0.2, 0) is 6.42 Å². The highest BCUT2D eigenvalue weighted by Crippen LogP contribution is 2.28. The molecule has 1 heterocycles. The van der Waals surface area contributed by atoms with Crippen molar-refractivity contribution in [3.05, 3.63) is 58.9 Å². The zero-order chi connectivity index (χ0) is 13.7. The molecular formula is C14H16ClN3O. The molecule has 3 N–H and O–H groups in total. The van der Waals surface area contributed by atoms with Gasteiger partial charge in [0.25, 0.3) is 0 Å². The third kappa shape index (κ3) is 3.44. The predicted octanol–water partition coefficient (Wildman–Crippen LogP) is 2.49. The Bertz CT molecular complexity index is 533. The fourth-order valence-electron chi connectivity index (χ4n) is 1.89. The van der Waals surface area contributed by atoms with Crippen molar-refractivity contribution in [3.63, 3.8) is 0 Å². The van der Waals surface area contributed by atoms with Gasteiger partial charge < -0.3 is 4.74 Å². The number of pyridine rings is 1. The van der Waals surface area contributed by atoms with Gasteiger partial charge in [-0.1, -0.05) is 23.7 Å². The first kappa shape index (κ1) is 13.8. The minimum atomic E-state index is -0.0407. The van der Waals surface area contributed by atoms with Gasteiger partial charge in [-0.2, -0.15) is 0 Å². The molecular weight excluding hydrogens is 262 g/mol. The Labute approximate surface area is 117 Å². The lowest BCUT2D eigenvalue weighted by atomic mass is 10.0. The van der Waals surface area contributed by atoms with Crippen LogP contribution in [0.5, 0.6) is 5.75 Å². The van der Waals surface area contributed by atoms with Crippen LogP contribution in [0.1, 0.15) is 17.3 Å². The minimum Gasteiger partial charge on any atom is -0.495 e. The number of methoxy groups -OCH3 is 1. The van der Waals surface area contributed by atoms with Gasteiger partial charge in [-0.25, -0.2) is 0 Å². The van der Waals surface area contributed by atoms with E-state index in [1.54, 1.807) is 19.4 Å². The number of rotatable bonds is 5. The van der Waals surface area contributed by atoms with E-state index in [4.69, 9.17) is 22.2 Å². The summed E-state index contributed by atoms with van der Waals surface area (Å²) in [6, 6.07) is 11.4. The Morgan fingerprint density at radius 1 is 1.37 bits per heavy atom. The lowest BCUT2D eigenvalue weighted by molar-refractivity contribution is 0.413. The molecule has 0 fully saturated rings. The van der Waals surface area contributed by atoms with Crippen LogP contribution in [0.2, 0.25) is 5.02 Å². The van der Waals surface area contributed by atoms with Gasteiger partial charge in [0.15, 0.2) is 0 Å². The molecule has 2 aromatic rings. The van der Waals surface area contributed by atoms with Crippen molar-refractivity contribution in [2.75, 3.05) is 7.11 Å². The van der Waals surface area contributed by atoms with Gasteiger partial charge in [0.2, 0.25) is 0 Å². The zero-order valence-electron chi connectivity index (χ0n) is 10.6. The second-order valence-electron chi connectivity index (χ2n) is 4.14. The summed E-state index contributed by atoms with van der Waals surface area (Å²) in [5, 5.41) is 0.583. The SMILES string of the molecule is COc1cc(C(Cc2ccccn2)NN)ccc1Cl. The summed E-state index contributed by atoms with van der Waals surface area (Å²) in [7, 11) is 1.59. The maximum absolute atomic E-state index is 6.02. The number of nitrogens with one attached hydrogen (secondary N) is 1. The topological polar surface area (TPSA) is 60.2 Å². The highest BCUT2D eigenvalue weighted by Gasteiger charge is 2.13. The number of hydrogen-bond donors (Lipinski definition) is 2. The Balaban J connectivity index is 2.22. The van der Waals surface area contributed by atoms with Crippen LogP contribution in [-0.4, -0.2) is 12.1 Å². The molecule has 4 nitrogen and oxygen atoms in total. The van der Waals surface area contributed by atoms with E-state index in [2.05, 4.69) is 10.4 Å². The third-order valence-electron chi connectivity index (χ3n) is 2.92. The van der Waals surface area contributed by atoms with Crippen LogP contribution in [0, 0.1) is 0 Å². The van der Waals surface area contributed by atoms with Crippen molar-refractivity contribution >= 4 is 11.6 Å². The van der Waals surface area contributed by atoms with Gasteiger partial charge in [0, 0.05) is 18.3 Å². The van der Waals surface area contributed by atoms with Crippen LogP contribution in [0.15, 0.2) is 42.6 Å². The van der Waals surface area contributed by atoms with E-state index in [1.165, 1.54) is 0 Å². The monoisotopic (exact) mass is 277 g/mol. The lowest BCUT2D eigenvalue weighted by Gasteiger charge is -2.17. The summed E-state index contributed by atoms with van der Waals surface area (Å²) in [5.74, 6) is 6.27. The second kappa shape index (κ2) is 6.52. The number of hydrogen-bond acceptors (Lipinski definition) is 4. The Kier molecular flexibility index (Phi) is 4.74. The van der Waals surface area contributed by atoms with Crippen LogP contribution >= 0.6 is 11.6 Å². The van der Waals surface area contributed by atoms with Crippen molar-refractivity contribution < 1.29 is 4.74 Å². The van der Waals surface area contributed by atoms with E-state index in [-0.39, 0.29) is 6.04 Å². The molecule has 0 amide bonds. The lowest BCUT2D eigenvalue weighted by Crippen LogP contribution is -2.29. The summed E-state index contributed by atoms with van der Waals surface area (Å²) in [4.78, 5) is 4.30. The molecule has 19 heavy (non-hydrogen) atoms. The fraction of sp³-hybridized carbons (Fsp3) is 0.214. The highest BCUT2D eigenvalue weighted by molar-refractivity contribution is 6.32. The van der Waals surface area contributed by atoms with Crippen LogP contribution in [0.4, 0.5) is 0 Å². The van der Waals surface area contributed by atoms with Crippen molar-refractivity contribution in [3.8, 4) is 5.75 Å². The first-order valence-electron chi connectivity index (χ1n) is 5.94. The number of ether oxygens (including phenoxy) is 1. The Morgan fingerprint density at radius 2 is 2.21 bits per heavy atom. The molecule has 0 aliphatic carbocycles. The molecule has 0 bridgehead atoms. The highest BCUT2D eigenvalue weighted by atomic mass is 35.5. The van der Waals surface area contributed by atoms with E-state index >= 15 is 0 Å². The number of benzene rings is 1. The maximum Gasteiger partial charge on any atom is 0.137 e. The largest absolute Gasteiger partial charge is 0.495 e. The molecule has 2 rings (SSSR count). The van der Waals surface area contributed by atoms with Crippen molar-refractivity contribution in [2.24, 2.45) is 5.84 Å². The van der Waals surface area contributed by atoms with E-state index in [0.717, 1.165) is 11.3 Å². The van der Waals surface area contributed by atoms with Crippen LogP contribution < -0.4 is 16.0 Å². The molecule has 1 unspecified atom stereocenters. The molecule has 1 aromatic carbocycles. The number of nitrogens with zero attached hydrogens (tertiary/aromatic N) is 1. The zero-order valence-corrected chi connectivity index (χ0v) is 11.4. The van der Waals surface area contributed by atoms with Gasteiger partial charge in [0.05, 0.1) is 18.2 Å². The molecule has 1 atom stereocenters. The van der Waals surface area contributed by atoms with Crippen LogP contribution in [0.3, 0.4) is 0 Å². The summed E-state index contributed by atoms with van der Waals surface area (Å²) >= 11 is 6.02. The smallest absolute Gasteiger partial charge is 0.137 e. The van der Waals surface area contributed by atoms with E-state index in [1.807, 2.05) is 30.3 Å². The molecule has 0 aliphatic heterocycles. The predicted molar refractivity (Wildman–Crippen MR) is 76.0 cm³/mol. The van der Waals surface area contributed by atoms with Gasteiger partial charge in [-0.15, -0.1) is 0 Å². The first-order valence-corrected chi connectivity index (χ1v) is 6.32. The van der Waals surface area contributed by atoms with E-state index in [0.29, 0.717) is 17.2 Å². The average molecular weight is 278 g/mol. The Morgan fingerprint density at radius 3 is 2.84 bits per heavy atom. The van der Waals surface area contributed by atoms with Gasteiger partial charge in [0.1, 0.15) is 5.75 Å². The maximum atomic E-state index is 6.02. The Hall–Kier alpha value is -1.62. The average Bonchev–Trinajstić information content (AvgIpc) is 2.46. The molecule has 100 valence electrons. The molecule has 0 spiro atoms. The quantitative estimate of drug-likeness (QED) is 0.651. The first-order chi connectivity index (χ1) is 9.24. The van der Waals surface area contributed by atoms with Crippen molar-refractivity contribution in [2.45, 2.75) is 12.5 Å². The molecule has 1 aromatic heterocycles. The molecule has 0 radical (unpaired) electrons. The van der Waals surface area contributed by atoms with E-state index in [9.17, 15) is 0 Å². The van der Waals surface area contributed by atoms with Crippen LogP contribution in [0.25, 0.3) is 0 Å². The summed E-state index contributed by atoms with van der Waals surface area (Å²) in [5.41, 5.74) is 4.78. The van der Waals surface area contributed by atoms with Gasteiger partial charge in [-0.3, -0.25) is 16.3 Å². The molecule has 0 saturated heterocycles. The normalized spacial score (nSPS) is 12.2. The van der Waals surface area contributed by atoms with Crippen molar-refractivity contribution in [1.29, 1.82) is 0 Å². The number of halogens is 1. The third-order valence-corrected chi connectivity index (χ3v) is 3.23. The molecule has 0 aliphatic rings. The summed E-state index contributed by atoms with van der Waals surface area (Å²) in [6.07, 6.45) is 2.47. The number of aromatic nitrogens is 1. The molecule has 0 saturated carbocycles. The summed E-state index contributed by atoms with van der Waals surface area (Å²) in [6.45, 7) is 0. The standard InChI is InChI=1S/C14H16ClN3O/c1-19-14-8-10(5-6-12(14)15)13(18-16)9-11-4-2-3-7-17-11/h2-8,13,18H,9,16H2,1H3. The fourth-order valence-corrected chi connectivity index (χ4v) is 2.09.